The number of fused-ring (bicyclic) bond motifs is 1. The van der Waals surface area contributed by atoms with Gasteiger partial charge in [-0.2, -0.15) is 0 Å². The van der Waals surface area contributed by atoms with E-state index in [1.807, 2.05) is 41.8 Å². The number of hydrogen-bond acceptors (Lipinski definition) is 2. The number of nitrogens with one attached hydrogen (secondary N) is 2. The molecule has 4 rings (SSSR count). The zero-order valence-electron chi connectivity index (χ0n) is 13.5. The lowest BCUT2D eigenvalue weighted by Gasteiger charge is -2.18. The van der Waals surface area contributed by atoms with E-state index in [0.29, 0.717) is 5.69 Å². The molecule has 0 aliphatic rings. The van der Waals surface area contributed by atoms with Crippen LogP contribution in [0.1, 0.15) is 27.0 Å². The fourth-order valence-corrected chi connectivity index (χ4v) is 4.32. The Balaban J connectivity index is 1.70. The maximum absolute atomic E-state index is 13.3. The van der Waals surface area contributed by atoms with Crippen molar-refractivity contribution in [2.45, 2.75) is 6.04 Å². The first kappa shape index (κ1) is 17.0. The number of aromatic amines is 1. The van der Waals surface area contributed by atoms with E-state index >= 15 is 0 Å². The van der Waals surface area contributed by atoms with Crippen molar-refractivity contribution in [2.75, 3.05) is 0 Å². The van der Waals surface area contributed by atoms with Crippen molar-refractivity contribution < 1.29 is 9.18 Å². The predicted molar refractivity (Wildman–Crippen MR) is 106 cm³/mol. The summed E-state index contributed by atoms with van der Waals surface area (Å²) in [6, 6.07) is 17.5. The van der Waals surface area contributed by atoms with Gasteiger partial charge in [0.05, 0.1) is 10.5 Å². The van der Waals surface area contributed by atoms with Crippen molar-refractivity contribution in [3.8, 4) is 0 Å². The van der Waals surface area contributed by atoms with Gasteiger partial charge in [-0.25, -0.2) is 4.39 Å². The lowest BCUT2D eigenvalue weighted by molar-refractivity contribution is 0.0938. The monoisotopic (exact) mass is 428 g/mol. The van der Waals surface area contributed by atoms with Crippen LogP contribution in [-0.2, 0) is 0 Å². The fourth-order valence-electron chi connectivity index (χ4n) is 2.90. The molecule has 0 spiro atoms. The van der Waals surface area contributed by atoms with Gasteiger partial charge in [0.25, 0.3) is 5.91 Å². The highest BCUT2D eigenvalue weighted by Gasteiger charge is 2.22. The lowest BCUT2D eigenvalue weighted by atomic mass is 10.1. The SMILES string of the molecule is O=C(NC(c1ccc(F)cc1)c1cccs1)c1[nH]c2ccccc2c1Br. The number of H-pyrrole nitrogens is 1. The molecule has 2 N–H and O–H groups in total. The van der Waals surface area contributed by atoms with Crippen LogP contribution in [0.2, 0.25) is 0 Å². The summed E-state index contributed by atoms with van der Waals surface area (Å²) in [5.41, 5.74) is 2.18. The molecule has 0 fully saturated rings. The summed E-state index contributed by atoms with van der Waals surface area (Å²) < 4.78 is 14.0. The molecular formula is C20H14BrFN2OS. The van der Waals surface area contributed by atoms with Crippen molar-refractivity contribution in [3.63, 3.8) is 0 Å². The Morgan fingerprint density at radius 2 is 1.85 bits per heavy atom. The number of hydrogen-bond donors (Lipinski definition) is 2. The Morgan fingerprint density at radius 3 is 2.54 bits per heavy atom. The van der Waals surface area contributed by atoms with Crippen LogP contribution < -0.4 is 5.32 Å². The second kappa shape index (κ2) is 7.05. The van der Waals surface area contributed by atoms with Crippen molar-refractivity contribution >= 4 is 44.1 Å². The highest BCUT2D eigenvalue weighted by Crippen LogP contribution is 2.30. The Hall–Kier alpha value is -2.44. The van der Waals surface area contributed by atoms with Crippen LogP contribution in [0.5, 0.6) is 0 Å². The fraction of sp³-hybridized carbons (Fsp3) is 0.0500. The number of amides is 1. The van der Waals surface area contributed by atoms with Gasteiger partial charge in [-0.1, -0.05) is 36.4 Å². The zero-order chi connectivity index (χ0) is 18.1. The second-order valence-corrected chi connectivity index (χ2v) is 7.61. The van der Waals surface area contributed by atoms with Crippen molar-refractivity contribution in [3.05, 3.63) is 92.5 Å². The van der Waals surface area contributed by atoms with Crippen LogP contribution in [0.4, 0.5) is 4.39 Å². The molecule has 1 amide bonds. The third kappa shape index (κ3) is 3.18. The highest BCUT2D eigenvalue weighted by atomic mass is 79.9. The summed E-state index contributed by atoms with van der Waals surface area (Å²) in [4.78, 5) is 17.1. The standard InChI is InChI=1S/C20H14BrFN2OS/c21-17-14-4-1-2-5-15(14)23-19(17)20(25)24-18(16-6-3-11-26-16)12-7-9-13(22)10-8-12/h1-11,18,23H,(H,24,25). The molecule has 2 heterocycles. The van der Waals surface area contributed by atoms with Gasteiger partial charge < -0.3 is 10.3 Å². The Bertz CT molecular complexity index is 1060. The van der Waals surface area contributed by atoms with E-state index in [1.54, 1.807) is 23.5 Å². The second-order valence-electron chi connectivity index (χ2n) is 5.83. The molecule has 0 saturated carbocycles. The molecule has 0 saturated heterocycles. The van der Waals surface area contributed by atoms with E-state index in [9.17, 15) is 9.18 Å². The number of para-hydroxylation sites is 1. The van der Waals surface area contributed by atoms with E-state index < -0.39 is 0 Å². The summed E-state index contributed by atoms with van der Waals surface area (Å²) in [5.74, 6) is -0.529. The first-order valence-electron chi connectivity index (χ1n) is 7.99. The van der Waals surface area contributed by atoms with Crippen molar-refractivity contribution in [1.82, 2.24) is 10.3 Å². The third-order valence-corrected chi connectivity index (χ3v) is 5.94. The molecule has 2 aromatic carbocycles. The van der Waals surface area contributed by atoms with Crippen LogP contribution in [-0.4, -0.2) is 10.9 Å². The van der Waals surface area contributed by atoms with E-state index in [1.165, 1.54) is 12.1 Å². The summed E-state index contributed by atoms with van der Waals surface area (Å²) in [6.45, 7) is 0. The van der Waals surface area contributed by atoms with E-state index in [-0.39, 0.29) is 17.8 Å². The van der Waals surface area contributed by atoms with Crippen LogP contribution in [0, 0.1) is 5.82 Å². The van der Waals surface area contributed by atoms with Crippen LogP contribution in [0.15, 0.2) is 70.5 Å². The smallest absolute Gasteiger partial charge is 0.269 e. The molecule has 0 radical (unpaired) electrons. The first-order chi connectivity index (χ1) is 12.6. The number of benzene rings is 2. The van der Waals surface area contributed by atoms with Crippen LogP contribution in [0.25, 0.3) is 10.9 Å². The molecule has 4 aromatic rings. The van der Waals surface area contributed by atoms with Gasteiger partial charge in [0, 0.05) is 15.8 Å². The van der Waals surface area contributed by atoms with Gasteiger partial charge in [-0.15, -0.1) is 11.3 Å². The summed E-state index contributed by atoms with van der Waals surface area (Å²) in [5, 5.41) is 5.97. The van der Waals surface area contributed by atoms with Gasteiger partial charge in [0.15, 0.2) is 0 Å². The highest BCUT2D eigenvalue weighted by molar-refractivity contribution is 9.10. The average molecular weight is 429 g/mol. The number of carbonyl (C=O) groups excluding carboxylic acids is 1. The topological polar surface area (TPSA) is 44.9 Å². The predicted octanol–water partition coefficient (Wildman–Crippen LogP) is 5.65. The van der Waals surface area contributed by atoms with Gasteiger partial charge in [-0.05, 0) is 51.1 Å². The first-order valence-corrected chi connectivity index (χ1v) is 9.66. The molecule has 0 aliphatic carbocycles. The number of carbonyl (C=O) groups is 1. The quantitative estimate of drug-likeness (QED) is 0.433. The molecule has 1 atom stereocenters. The molecule has 3 nitrogen and oxygen atoms in total. The van der Waals surface area contributed by atoms with Crippen LogP contribution >= 0.6 is 27.3 Å². The van der Waals surface area contributed by atoms with Gasteiger partial charge in [-0.3, -0.25) is 4.79 Å². The number of rotatable bonds is 4. The Kier molecular flexibility index (Phi) is 4.61. The van der Waals surface area contributed by atoms with Crippen molar-refractivity contribution in [1.29, 1.82) is 0 Å². The number of aromatic nitrogens is 1. The Labute approximate surface area is 162 Å². The minimum atomic E-state index is -0.346. The minimum absolute atomic E-state index is 0.226. The van der Waals surface area contributed by atoms with Gasteiger partial charge in [0.2, 0.25) is 0 Å². The minimum Gasteiger partial charge on any atom is -0.350 e. The average Bonchev–Trinajstić information content (AvgIpc) is 3.29. The summed E-state index contributed by atoms with van der Waals surface area (Å²) in [7, 11) is 0. The maximum Gasteiger partial charge on any atom is 0.269 e. The van der Waals surface area contributed by atoms with Gasteiger partial charge in [0.1, 0.15) is 11.5 Å². The van der Waals surface area contributed by atoms with Crippen LogP contribution in [0.3, 0.4) is 0 Å². The zero-order valence-corrected chi connectivity index (χ0v) is 15.9. The number of halogens is 2. The molecule has 6 heteroatoms. The molecular weight excluding hydrogens is 415 g/mol. The molecule has 0 bridgehead atoms. The largest absolute Gasteiger partial charge is 0.350 e. The van der Waals surface area contributed by atoms with E-state index in [2.05, 4.69) is 26.2 Å². The Morgan fingerprint density at radius 1 is 1.08 bits per heavy atom. The van der Waals surface area contributed by atoms with E-state index in [4.69, 9.17) is 0 Å². The van der Waals surface area contributed by atoms with Gasteiger partial charge >= 0.3 is 0 Å². The van der Waals surface area contributed by atoms with Crippen molar-refractivity contribution in [2.24, 2.45) is 0 Å². The normalized spacial score (nSPS) is 12.2. The molecule has 130 valence electrons. The maximum atomic E-state index is 13.3. The lowest BCUT2D eigenvalue weighted by Crippen LogP contribution is -2.29. The molecule has 0 aliphatic heterocycles. The third-order valence-electron chi connectivity index (χ3n) is 4.18. The summed E-state index contributed by atoms with van der Waals surface area (Å²) in [6.07, 6.45) is 0. The van der Waals surface area contributed by atoms with E-state index in [0.717, 1.165) is 25.8 Å². The molecule has 1 unspecified atom stereocenters. The summed E-state index contributed by atoms with van der Waals surface area (Å²) >= 11 is 5.06. The number of thiophene rings is 1. The molecule has 26 heavy (non-hydrogen) atoms. The molecule has 2 aromatic heterocycles.